The first-order valence-corrected chi connectivity index (χ1v) is 6.06. The second-order valence-corrected chi connectivity index (χ2v) is 4.04. The molecule has 0 saturated heterocycles. The van der Waals surface area contributed by atoms with Crippen LogP contribution >= 0.6 is 11.6 Å². The first-order chi connectivity index (χ1) is 9.20. The Morgan fingerprint density at radius 1 is 1.47 bits per heavy atom. The van der Waals surface area contributed by atoms with E-state index in [2.05, 4.69) is 15.6 Å². The van der Waals surface area contributed by atoms with E-state index in [1.807, 2.05) is 6.07 Å². The number of carbonyl (C=O) groups excluding carboxylic acids is 1. The van der Waals surface area contributed by atoms with Crippen LogP contribution in [0.2, 0.25) is 5.02 Å². The van der Waals surface area contributed by atoms with Gasteiger partial charge in [0, 0.05) is 0 Å². The molecule has 0 atom stereocenters. The predicted molar refractivity (Wildman–Crippen MR) is 68.2 cm³/mol. The molecular weight excluding hydrogens is 270 g/mol. The molecule has 0 aliphatic heterocycles. The van der Waals surface area contributed by atoms with Crippen LogP contribution in [0.1, 0.15) is 12.7 Å². The van der Waals surface area contributed by atoms with Crippen LogP contribution in [-0.2, 0) is 16.1 Å². The van der Waals surface area contributed by atoms with Crippen LogP contribution in [0.25, 0.3) is 11.5 Å². The Morgan fingerprint density at radius 3 is 3.00 bits per heavy atom. The SMILES string of the molecule is CCONC(=O)Cc1noc(-c2ccccc2Cl)n1. The summed E-state index contributed by atoms with van der Waals surface area (Å²) >= 11 is 6.02. The maximum Gasteiger partial charge on any atom is 0.259 e. The van der Waals surface area contributed by atoms with Crippen molar-refractivity contribution >= 4 is 17.5 Å². The van der Waals surface area contributed by atoms with Crippen molar-refractivity contribution in [1.82, 2.24) is 15.6 Å². The van der Waals surface area contributed by atoms with Crippen molar-refractivity contribution in [2.75, 3.05) is 6.61 Å². The molecule has 0 aliphatic rings. The number of aromatic nitrogens is 2. The van der Waals surface area contributed by atoms with E-state index in [0.29, 0.717) is 17.2 Å². The standard InChI is InChI=1S/C12H12ClN3O3/c1-2-18-16-11(17)7-10-14-12(19-15-10)8-5-3-4-6-9(8)13/h3-6H,2,7H2,1H3,(H,16,17). The minimum absolute atomic E-state index is 0.0199. The van der Waals surface area contributed by atoms with Crippen molar-refractivity contribution in [1.29, 1.82) is 0 Å². The number of rotatable bonds is 5. The minimum atomic E-state index is -0.339. The van der Waals surface area contributed by atoms with Gasteiger partial charge in [0.1, 0.15) is 0 Å². The number of hydrogen-bond donors (Lipinski definition) is 1. The topological polar surface area (TPSA) is 77.2 Å². The Balaban J connectivity index is 2.07. The van der Waals surface area contributed by atoms with Gasteiger partial charge in [0.15, 0.2) is 5.82 Å². The van der Waals surface area contributed by atoms with Crippen LogP contribution < -0.4 is 5.48 Å². The third-order valence-corrected chi connectivity index (χ3v) is 2.55. The third-order valence-electron chi connectivity index (χ3n) is 2.22. The minimum Gasteiger partial charge on any atom is -0.334 e. The average Bonchev–Trinajstić information content (AvgIpc) is 2.85. The van der Waals surface area contributed by atoms with E-state index < -0.39 is 0 Å². The van der Waals surface area contributed by atoms with Gasteiger partial charge in [-0.1, -0.05) is 28.9 Å². The lowest BCUT2D eigenvalue weighted by molar-refractivity contribution is -0.132. The predicted octanol–water partition coefficient (Wildman–Crippen LogP) is 2.00. The molecule has 1 aromatic carbocycles. The van der Waals surface area contributed by atoms with Crippen LogP contribution in [-0.4, -0.2) is 22.7 Å². The zero-order chi connectivity index (χ0) is 13.7. The lowest BCUT2D eigenvalue weighted by Crippen LogP contribution is -2.25. The fourth-order valence-corrected chi connectivity index (χ4v) is 1.62. The Morgan fingerprint density at radius 2 is 2.26 bits per heavy atom. The van der Waals surface area contributed by atoms with Gasteiger partial charge in [-0.15, -0.1) is 0 Å². The second kappa shape index (κ2) is 6.31. The number of carbonyl (C=O) groups is 1. The monoisotopic (exact) mass is 281 g/mol. The van der Waals surface area contributed by atoms with E-state index in [9.17, 15) is 4.79 Å². The summed E-state index contributed by atoms with van der Waals surface area (Å²) in [6, 6.07) is 7.11. The summed E-state index contributed by atoms with van der Waals surface area (Å²) in [6.45, 7) is 2.16. The van der Waals surface area contributed by atoms with Crippen molar-refractivity contribution in [3.05, 3.63) is 35.1 Å². The Labute approximate surface area is 114 Å². The van der Waals surface area contributed by atoms with E-state index in [1.54, 1.807) is 25.1 Å². The van der Waals surface area contributed by atoms with Gasteiger partial charge >= 0.3 is 0 Å². The van der Waals surface area contributed by atoms with Crippen LogP contribution in [0.4, 0.5) is 0 Å². The molecule has 1 aromatic heterocycles. The molecule has 0 unspecified atom stereocenters. The van der Waals surface area contributed by atoms with E-state index in [0.717, 1.165) is 0 Å². The van der Waals surface area contributed by atoms with Gasteiger partial charge < -0.3 is 4.52 Å². The van der Waals surface area contributed by atoms with Crippen molar-refractivity contribution in [3.63, 3.8) is 0 Å². The maximum atomic E-state index is 11.4. The summed E-state index contributed by atoms with van der Waals surface area (Å²) in [7, 11) is 0. The summed E-state index contributed by atoms with van der Waals surface area (Å²) in [4.78, 5) is 20.3. The number of benzene rings is 1. The summed E-state index contributed by atoms with van der Waals surface area (Å²) < 4.78 is 5.07. The lowest BCUT2D eigenvalue weighted by Gasteiger charge is -2.00. The number of nitrogens with zero attached hydrogens (tertiary/aromatic N) is 2. The molecule has 1 N–H and O–H groups in total. The van der Waals surface area contributed by atoms with Crippen LogP contribution in [0.5, 0.6) is 0 Å². The smallest absolute Gasteiger partial charge is 0.259 e. The molecule has 0 radical (unpaired) electrons. The van der Waals surface area contributed by atoms with E-state index in [1.165, 1.54) is 0 Å². The highest BCUT2D eigenvalue weighted by molar-refractivity contribution is 6.33. The van der Waals surface area contributed by atoms with Crippen molar-refractivity contribution < 1.29 is 14.2 Å². The first-order valence-electron chi connectivity index (χ1n) is 5.68. The van der Waals surface area contributed by atoms with E-state index >= 15 is 0 Å². The summed E-state index contributed by atoms with van der Waals surface area (Å²) in [6.07, 6.45) is -0.0199. The van der Waals surface area contributed by atoms with E-state index in [-0.39, 0.29) is 24.0 Å². The Bertz CT molecular complexity index is 571. The normalized spacial score (nSPS) is 10.4. The molecule has 0 aliphatic carbocycles. The van der Waals surface area contributed by atoms with Gasteiger partial charge in [-0.05, 0) is 19.1 Å². The molecule has 2 rings (SSSR count). The molecule has 0 fully saturated rings. The Hall–Kier alpha value is -1.92. The summed E-state index contributed by atoms with van der Waals surface area (Å²) in [5.41, 5.74) is 2.89. The van der Waals surface area contributed by atoms with Crippen LogP contribution in [0.15, 0.2) is 28.8 Å². The number of hydroxylamine groups is 1. The van der Waals surface area contributed by atoms with Crippen LogP contribution in [0.3, 0.4) is 0 Å². The number of amides is 1. The van der Waals surface area contributed by atoms with Crippen molar-refractivity contribution in [2.45, 2.75) is 13.3 Å². The molecular formula is C12H12ClN3O3. The molecule has 0 saturated carbocycles. The summed E-state index contributed by atoms with van der Waals surface area (Å²) in [5.74, 6) is 0.213. The van der Waals surface area contributed by atoms with Crippen molar-refractivity contribution in [3.8, 4) is 11.5 Å². The molecule has 1 heterocycles. The molecule has 6 nitrogen and oxygen atoms in total. The summed E-state index contributed by atoms with van der Waals surface area (Å²) in [5, 5.41) is 4.23. The van der Waals surface area contributed by atoms with Crippen LogP contribution in [0, 0.1) is 0 Å². The number of halogens is 1. The fourth-order valence-electron chi connectivity index (χ4n) is 1.40. The lowest BCUT2D eigenvalue weighted by atomic mass is 10.2. The highest BCUT2D eigenvalue weighted by atomic mass is 35.5. The third kappa shape index (κ3) is 3.52. The Kier molecular flexibility index (Phi) is 4.48. The molecule has 0 spiro atoms. The second-order valence-electron chi connectivity index (χ2n) is 3.63. The zero-order valence-electron chi connectivity index (χ0n) is 10.2. The van der Waals surface area contributed by atoms with Crippen molar-refractivity contribution in [2.24, 2.45) is 0 Å². The molecule has 7 heteroatoms. The largest absolute Gasteiger partial charge is 0.334 e. The van der Waals surface area contributed by atoms with Gasteiger partial charge in [0.25, 0.3) is 11.8 Å². The molecule has 0 bridgehead atoms. The molecule has 100 valence electrons. The maximum absolute atomic E-state index is 11.4. The molecule has 1 amide bonds. The van der Waals surface area contributed by atoms with Gasteiger partial charge in [-0.3, -0.25) is 9.63 Å². The fraction of sp³-hybridized carbons (Fsp3) is 0.250. The van der Waals surface area contributed by atoms with Gasteiger partial charge in [-0.25, -0.2) is 5.48 Å². The van der Waals surface area contributed by atoms with Gasteiger partial charge in [0.05, 0.1) is 23.6 Å². The first kappa shape index (κ1) is 13.5. The number of hydrogen-bond acceptors (Lipinski definition) is 5. The van der Waals surface area contributed by atoms with E-state index in [4.69, 9.17) is 21.0 Å². The molecule has 19 heavy (non-hydrogen) atoms. The van der Waals surface area contributed by atoms with Gasteiger partial charge in [-0.2, -0.15) is 4.98 Å². The highest BCUT2D eigenvalue weighted by Gasteiger charge is 2.14. The average molecular weight is 282 g/mol. The zero-order valence-corrected chi connectivity index (χ0v) is 11.0. The van der Waals surface area contributed by atoms with Gasteiger partial charge in [0.2, 0.25) is 0 Å². The molecule has 2 aromatic rings. The number of nitrogens with one attached hydrogen (secondary N) is 1. The highest BCUT2D eigenvalue weighted by Crippen LogP contribution is 2.25. The quantitative estimate of drug-likeness (QED) is 0.848.